The predicted octanol–water partition coefficient (Wildman–Crippen LogP) is 1.94. The van der Waals surface area contributed by atoms with Crippen LogP contribution in [0.15, 0.2) is 18.2 Å². The number of nitrogens with two attached hydrogens (primary N) is 1. The lowest BCUT2D eigenvalue weighted by atomic mass is 10.2. The fourth-order valence-corrected chi connectivity index (χ4v) is 1.87. The number of nitrogens with one attached hydrogen (secondary N) is 1. The van der Waals surface area contributed by atoms with E-state index in [1.54, 1.807) is 18.2 Å². The second-order valence-corrected chi connectivity index (χ2v) is 5.32. The van der Waals surface area contributed by atoms with Gasteiger partial charge in [0.15, 0.2) is 6.10 Å². The van der Waals surface area contributed by atoms with Crippen molar-refractivity contribution >= 4 is 40.2 Å². The zero-order chi connectivity index (χ0) is 14.4. The van der Waals surface area contributed by atoms with Crippen LogP contribution < -0.4 is 11.1 Å². The molecule has 5 nitrogen and oxygen atoms in total. The number of nitrogen functional groups attached to an aromatic ring is 1. The van der Waals surface area contributed by atoms with E-state index < -0.39 is 12.1 Å². The average Bonchev–Trinajstić information content (AvgIpc) is 2.38. The van der Waals surface area contributed by atoms with E-state index in [4.69, 9.17) is 10.5 Å². The van der Waals surface area contributed by atoms with Crippen LogP contribution in [-0.2, 0) is 9.53 Å². The lowest BCUT2D eigenvalue weighted by Gasteiger charge is -2.14. The topological polar surface area (TPSA) is 81.4 Å². The van der Waals surface area contributed by atoms with E-state index in [0.29, 0.717) is 12.2 Å². The smallest absolute Gasteiger partial charge is 0.341 e. The summed E-state index contributed by atoms with van der Waals surface area (Å²) in [6.45, 7) is 4.04. The van der Waals surface area contributed by atoms with Gasteiger partial charge < -0.3 is 15.8 Å². The van der Waals surface area contributed by atoms with E-state index in [1.807, 2.05) is 6.92 Å². The largest absolute Gasteiger partial charge is 0.449 e. The number of hydrogen-bond donors (Lipinski definition) is 2. The fraction of sp³-hybridized carbons (Fsp3) is 0.385. The molecule has 0 fully saturated rings. The van der Waals surface area contributed by atoms with Crippen molar-refractivity contribution in [3.8, 4) is 0 Å². The summed E-state index contributed by atoms with van der Waals surface area (Å²) in [5.41, 5.74) is 6.34. The Balaban J connectivity index is 2.68. The summed E-state index contributed by atoms with van der Waals surface area (Å²) in [6, 6.07) is 5.07. The van der Waals surface area contributed by atoms with Gasteiger partial charge in [0.25, 0.3) is 5.91 Å². The summed E-state index contributed by atoms with van der Waals surface area (Å²) in [6.07, 6.45) is -0.00715. The Morgan fingerprint density at radius 2 is 2.16 bits per heavy atom. The second kappa shape index (κ2) is 7.32. The minimum absolute atomic E-state index is 0.280. The van der Waals surface area contributed by atoms with Crippen molar-refractivity contribution in [1.82, 2.24) is 5.32 Å². The highest BCUT2D eigenvalue weighted by Gasteiger charge is 2.20. The molecule has 0 spiro atoms. The number of carbonyl (C=O) groups is 2. The molecule has 1 atom stereocenters. The molecule has 0 saturated heterocycles. The standard InChI is InChI=1S/C13H17IN2O3/c1-3-6-16-12(17)8(2)19-13(18)10-7-9(14)4-5-11(10)15/h4-5,7-8H,3,6,15H2,1-2H3,(H,16,17)/t8-/m1/s1. The summed E-state index contributed by atoms with van der Waals surface area (Å²) >= 11 is 2.08. The van der Waals surface area contributed by atoms with Crippen LogP contribution in [0.4, 0.5) is 5.69 Å². The van der Waals surface area contributed by atoms with E-state index in [9.17, 15) is 9.59 Å². The van der Waals surface area contributed by atoms with Gasteiger partial charge in [-0.05, 0) is 54.1 Å². The van der Waals surface area contributed by atoms with Gasteiger partial charge in [0.1, 0.15) is 0 Å². The minimum Gasteiger partial charge on any atom is -0.449 e. The van der Waals surface area contributed by atoms with E-state index in [1.165, 1.54) is 6.92 Å². The molecule has 19 heavy (non-hydrogen) atoms. The molecule has 0 bridgehead atoms. The van der Waals surface area contributed by atoms with Gasteiger partial charge in [-0.3, -0.25) is 4.79 Å². The van der Waals surface area contributed by atoms with E-state index in [2.05, 4.69) is 27.9 Å². The Labute approximate surface area is 126 Å². The van der Waals surface area contributed by atoms with Crippen molar-refractivity contribution in [2.45, 2.75) is 26.4 Å². The van der Waals surface area contributed by atoms with Gasteiger partial charge in [-0.1, -0.05) is 6.92 Å². The highest BCUT2D eigenvalue weighted by atomic mass is 127. The SMILES string of the molecule is CCCNC(=O)[C@@H](C)OC(=O)c1cc(I)ccc1N. The summed E-state index contributed by atoms with van der Waals surface area (Å²) in [7, 11) is 0. The molecule has 3 N–H and O–H groups in total. The molecule has 1 rings (SSSR count). The summed E-state index contributed by atoms with van der Waals surface area (Å²) in [4.78, 5) is 23.5. The van der Waals surface area contributed by atoms with E-state index >= 15 is 0 Å². The third kappa shape index (κ3) is 4.70. The number of ether oxygens (including phenoxy) is 1. The zero-order valence-corrected chi connectivity index (χ0v) is 13.1. The molecular weight excluding hydrogens is 359 g/mol. The van der Waals surface area contributed by atoms with Gasteiger partial charge in [0.05, 0.1) is 5.56 Å². The van der Waals surface area contributed by atoms with Crippen molar-refractivity contribution in [2.24, 2.45) is 0 Å². The van der Waals surface area contributed by atoms with Gasteiger partial charge in [-0.15, -0.1) is 0 Å². The maximum absolute atomic E-state index is 11.9. The highest BCUT2D eigenvalue weighted by Crippen LogP contribution is 2.17. The molecule has 1 aromatic rings. The Morgan fingerprint density at radius 3 is 2.79 bits per heavy atom. The molecule has 1 aromatic carbocycles. The molecule has 0 aliphatic carbocycles. The number of halogens is 1. The van der Waals surface area contributed by atoms with Gasteiger partial charge in [0, 0.05) is 15.8 Å². The Bertz CT molecular complexity index is 477. The van der Waals surface area contributed by atoms with Gasteiger partial charge in [0.2, 0.25) is 0 Å². The van der Waals surface area contributed by atoms with Crippen LogP contribution in [0, 0.1) is 3.57 Å². The van der Waals surface area contributed by atoms with Gasteiger partial charge >= 0.3 is 5.97 Å². The third-order valence-electron chi connectivity index (χ3n) is 2.44. The normalized spacial score (nSPS) is 11.7. The van der Waals surface area contributed by atoms with Crippen molar-refractivity contribution in [3.05, 3.63) is 27.3 Å². The molecule has 0 aliphatic rings. The monoisotopic (exact) mass is 376 g/mol. The predicted molar refractivity (Wildman–Crippen MR) is 81.7 cm³/mol. The third-order valence-corrected chi connectivity index (χ3v) is 3.11. The van der Waals surface area contributed by atoms with Gasteiger partial charge in [-0.25, -0.2) is 4.79 Å². The van der Waals surface area contributed by atoms with Crippen LogP contribution in [0.5, 0.6) is 0 Å². The maximum Gasteiger partial charge on any atom is 0.341 e. The second-order valence-electron chi connectivity index (χ2n) is 4.07. The zero-order valence-electron chi connectivity index (χ0n) is 10.9. The molecule has 0 radical (unpaired) electrons. The number of carbonyl (C=O) groups excluding carboxylic acids is 2. The molecule has 0 unspecified atom stereocenters. The van der Waals surface area contributed by atoms with Crippen molar-refractivity contribution < 1.29 is 14.3 Å². The van der Waals surface area contributed by atoms with Crippen LogP contribution in [0.2, 0.25) is 0 Å². The average molecular weight is 376 g/mol. The quantitative estimate of drug-likeness (QED) is 0.468. The van der Waals surface area contributed by atoms with Crippen LogP contribution in [0.1, 0.15) is 30.6 Å². The Kier molecular flexibility index (Phi) is 6.07. The molecule has 0 aliphatic heterocycles. The molecule has 0 heterocycles. The minimum atomic E-state index is -0.837. The lowest BCUT2D eigenvalue weighted by Crippen LogP contribution is -2.36. The van der Waals surface area contributed by atoms with Crippen molar-refractivity contribution in [2.75, 3.05) is 12.3 Å². The molecule has 1 amide bonds. The summed E-state index contributed by atoms with van der Waals surface area (Å²) in [5.74, 6) is -0.894. The summed E-state index contributed by atoms with van der Waals surface area (Å²) in [5, 5.41) is 2.67. The van der Waals surface area contributed by atoms with Gasteiger partial charge in [-0.2, -0.15) is 0 Å². The maximum atomic E-state index is 11.9. The first kappa shape index (κ1) is 15.7. The number of rotatable bonds is 5. The van der Waals surface area contributed by atoms with E-state index in [-0.39, 0.29) is 11.5 Å². The lowest BCUT2D eigenvalue weighted by molar-refractivity contribution is -0.129. The Hall–Kier alpha value is -1.31. The summed E-state index contributed by atoms with van der Waals surface area (Å²) < 4.78 is 5.97. The highest BCUT2D eigenvalue weighted by molar-refractivity contribution is 14.1. The molecule has 0 aromatic heterocycles. The number of esters is 1. The van der Waals surface area contributed by atoms with Crippen LogP contribution in [-0.4, -0.2) is 24.5 Å². The first-order chi connectivity index (χ1) is 8.95. The number of anilines is 1. The Morgan fingerprint density at radius 1 is 1.47 bits per heavy atom. The number of hydrogen-bond acceptors (Lipinski definition) is 4. The molecule has 0 saturated carbocycles. The van der Waals surface area contributed by atoms with E-state index in [0.717, 1.165) is 9.99 Å². The number of amides is 1. The first-order valence-corrected chi connectivity index (χ1v) is 7.07. The molecule has 6 heteroatoms. The van der Waals surface area contributed by atoms with Crippen LogP contribution in [0.25, 0.3) is 0 Å². The molecular formula is C13H17IN2O3. The molecule has 104 valence electrons. The first-order valence-electron chi connectivity index (χ1n) is 5.99. The van der Waals surface area contributed by atoms with Crippen LogP contribution in [0.3, 0.4) is 0 Å². The van der Waals surface area contributed by atoms with Crippen molar-refractivity contribution in [3.63, 3.8) is 0 Å². The number of benzene rings is 1. The van der Waals surface area contributed by atoms with Crippen molar-refractivity contribution in [1.29, 1.82) is 0 Å². The van der Waals surface area contributed by atoms with Crippen LogP contribution >= 0.6 is 22.6 Å². The fourth-order valence-electron chi connectivity index (χ4n) is 1.37.